The highest BCUT2D eigenvalue weighted by Gasteiger charge is 2.40. The van der Waals surface area contributed by atoms with Crippen molar-refractivity contribution in [2.45, 2.75) is 39.0 Å². The number of nitrogens with two attached hydrogens (primary N) is 1. The molecule has 3 N–H and O–H groups in total. The Bertz CT molecular complexity index is 299. The van der Waals surface area contributed by atoms with E-state index in [2.05, 4.69) is 5.32 Å². The van der Waals surface area contributed by atoms with Gasteiger partial charge in [-0.2, -0.15) is 0 Å². The Morgan fingerprint density at radius 1 is 1.28 bits per heavy atom. The summed E-state index contributed by atoms with van der Waals surface area (Å²) in [5.41, 5.74) is 5.39. The lowest BCUT2D eigenvalue weighted by atomic mass is 9.73. The topological polar surface area (TPSA) is 75.4 Å². The van der Waals surface area contributed by atoms with Gasteiger partial charge in [0.1, 0.15) is 0 Å². The molecule has 0 radical (unpaired) electrons. The van der Waals surface area contributed by atoms with Crippen molar-refractivity contribution in [2.75, 3.05) is 26.7 Å². The quantitative estimate of drug-likeness (QED) is 0.750. The minimum atomic E-state index is -0.431. The number of amides is 2. The molecule has 5 nitrogen and oxygen atoms in total. The summed E-state index contributed by atoms with van der Waals surface area (Å²) in [4.78, 5) is 25.5. The molecule has 0 bridgehead atoms. The number of hydrogen-bond donors (Lipinski definition) is 2. The molecule has 2 amide bonds. The maximum Gasteiger partial charge on any atom is 0.239 e. The molecule has 0 aromatic carbocycles. The van der Waals surface area contributed by atoms with Crippen LogP contribution in [0.5, 0.6) is 0 Å². The number of carbonyl (C=O) groups excluding carboxylic acids is 2. The van der Waals surface area contributed by atoms with E-state index in [1.165, 1.54) is 11.3 Å². The van der Waals surface area contributed by atoms with Gasteiger partial charge in [-0.25, -0.2) is 0 Å². The van der Waals surface area contributed by atoms with Gasteiger partial charge in [0.2, 0.25) is 11.8 Å². The van der Waals surface area contributed by atoms with Crippen LogP contribution < -0.4 is 11.1 Å². The van der Waals surface area contributed by atoms with Crippen LogP contribution in [0.1, 0.15) is 39.0 Å². The summed E-state index contributed by atoms with van der Waals surface area (Å²) in [5, 5.41) is 2.70. The van der Waals surface area contributed by atoms with Gasteiger partial charge < -0.3 is 16.0 Å². The molecule has 0 unspecified atom stereocenters. The van der Waals surface area contributed by atoms with Gasteiger partial charge in [0.05, 0.1) is 12.0 Å². The average molecular weight is 255 g/mol. The van der Waals surface area contributed by atoms with Crippen molar-refractivity contribution in [2.24, 2.45) is 11.1 Å². The number of nitrogens with one attached hydrogen (secondary N) is 1. The molecule has 0 heterocycles. The third-order valence-corrected chi connectivity index (χ3v) is 3.76. The smallest absolute Gasteiger partial charge is 0.239 e. The molecular weight excluding hydrogens is 230 g/mol. The minimum Gasteiger partial charge on any atom is -0.355 e. The molecule has 1 aliphatic carbocycles. The molecule has 0 spiro atoms. The first-order chi connectivity index (χ1) is 8.55. The van der Waals surface area contributed by atoms with Crippen molar-refractivity contribution in [1.29, 1.82) is 0 Å². The van der Waals surface area contributed by atoms with E-state index in [1.54, 1.807) is 7.05 Å². The van der Waals surface area contributed by atoms with Gasteiger partial charge >= 0.3 is 0 Å². The van der Waals surface area contributed by atoms with Crippen LogP contribution in [-0.4, -0.2) is 43.4 Å². The number of carbonyl (C=O) groups is 2. The van der Waals surface area contributed by atoms with Gasteiger partial charge in [-0.3, -0.25) is 9.59 Å². The second kappa shape index (κ2) is 6.73. The molecule has 104 valence electrons. The number of nitrogens with zero attached hydrogens (tertiary/aromatic N) is 1. The Kier molecular flexibility index (Phi) is 5.59. The van der Waals surface area contributed by atoms with E-state index < -0.39 is 5.41 Å². The molecule has 1 aliphatic rings. The van der Waals surface area contributed by atoms with Gasteiger partial charge in [0, 0.05) is 20.1 Å². The molecule has 0 atom stereocenters. The first-order valence-electron chi connectivity index (χ1n) is 6.78. The standard InChI is InChI=1S/C13H25N3O2/c1-3-15-11(17)9-16(2)12(18)13(10-14)7-5-4-6-8-13/h3-10,14H2,1-2H3,(H,15,17). The second-order valence-corrected chi connectivity index (χ2v) is 5.16. The van der Waals surface area contributed by atoms with Crippen molar-refractivity contribution in [1.82, 2.24) is 10.2 Å². The maximum absolute atomic E-state index is 12.5. The maximum atomic E-state index is 12.5. The molecular formula is C13H25N3O2. The summed E-state index contributed by atoms with van der Waals surface area (Å²) in [6, 6.07) is 0. The first kappa shape index (κ1) is 15.0. The molecule has 1 fully saturated rings. The summed E-state index contributed by atoms with van der Waals surface area (Å²) in [7, 11) is 1.68. The van der Waals surface area contributed by atoms with Gasteiger partial charge in [-0.05, 0) is 19.8 Å². The molecule has 1 rings (SSSR count). The highest BCUT2D eigenvalue weighted by molar-refractivity contribution is 5.88. The zero-order valence-corrected chi connectivity index (χ0v) is 11.5. The third-order valence-electron chi connectivity index (χ3n) is 3.76. The monoisotopic (exact) mass is 255 g/mol. The summed E-state index contributed by atoms with van der Waals surface area (Å²) < 4.78 is 0. The van der Waals surface area contributed by atoms with E-state index in [0.29, 0.717) is 13.1 Å². The third kappa shape index (κ3) is 3.45. The van der Waals surface area contributed by atoms with Crippen LogP contribution in [0.3, 0.4) is 0 Å². The van der Waals surface area contributed by atoms with Gasteiger partial charge in [-0.15, -0.1) is 0 Å². The Hall–Kier alpha value is -1.10. The first-order valence-corrected chi connectivity index (χ1v) is 6.78. The Morgan fingerprint density at radius 3 is 2.39 bits per heavy atom. The minimum absolute atomic E-state index is 0.0240. The van der Waals surface area contributed by atoms with Crippen molar-refractivity contribution < 1.29 is 9.59 Å². The zero-order valence-electron chi connectivity index (χ0n) is 11.5. The van der Waals surface area contributed by atoms with Crippen molar-refractivity contribution in [3.8, 4) is 0 Å². The molecule has 0 saturated heterocycles. The highest BCUT2D eigenvalue weighted by atomic mass is 16.2. The molecule has 18 heavy (non-hydrogen) atoms. The number of rotatable bonds is 5. The van der Waals surface area contributed by atoms with E-state index >= 15 is 0 Å². The molecule has 1 saturated carbocycles. The van der Waals surface area contributed by atoms with E-state index in [9.17, 15) is 9.59 Å². The van der Waals surface area contributed by atoms with Crippen molar-refractivity contribution in [3.63, 3.8) is 0 Å². The van der Waals surface area contributed by atoms with Crippen molar-refractivity contribution >= 4 is 11.8 Å². The van der Waals surface area contributed by atoms with Crippen LogP contribution in [0.2, 0.25) is 0 Å². The highest BCUT2D eigenvalue weighted by Crippen LogP contribution is 2.36. The predicted octanol–water partition coefficient (Wildman–Crippen LogP) is 0.490. The Labute approximate surface area is 109 Å². The molecule has 0 aromatic heterocycles. The van der Waals surface area contributed by atoms with Gasteiger partial charge in [0.25, 0.3) is 0 Å². The fraction of sp³-hybridized carbons (Fsp3) is 0.846. The normalized spacial score (nSPS) is 18.2. The Balaban J connectivity index is 2.62. The molecule has 5 heteroatoms. The van der Waals surface area contributed by atoms with Crippen molar-refractivity contribution in [3.05, 3.63) is 0 Å². The summed E-state index contributed by atoms with van der Waals surface area (Å²) in [6.45, 7) is 2.95. The molecule has 0 aliphatic heterocycles. The van der Waals surface area contributed by atoms with Crippen LogP contribution in [0.25, 0.3) is 0 Å². The summed E-state index contributed by atoms with van der Waals surface area (Å²) in [5.74, 6) is -0.0905. The van der Waals surface area contributed by atoms with E-state index in [1.807, 2.05) is 6.92 Å². The van der Waals surface area contributed by atoms with Crippen LogP contribution in [-0.2, 0) is 9.59 Å². The zero-order chi connectivity index (χ0) is 13.6. The van der Waals surface area contributed by atoms with Crippen LogP contribution in [0.4, 0.5) is 0 Å². The van der Waals surface area contributed by atoms with Gasteiger partial charge in [0.15, 0.2) is 0 Å². The second-order valence-electron chi connectivity index (χ2n) is 5.16. The van der Waals surface area contributed by atoms with E-state index in [-0.39, 0.29) is 18.4 Å². The Morgan fingerprint density at radius 2 is 1.89 bits per heavy atom. The fourth-order valence-electron chi connectivity index (χ4n) is 2.68. The summed E-state index contributed by atoms with van der Waals surface area (Å²) in [6.07, 6.45) is 4.98. The van der Waals surface area contributed by atoms with Crippen LogP contribution >= 0.6 is 0 Å². The predicted molar refractivity (Wildman–Crippen MR) is 70.9 cm³/mol. The number of likely N-dealkylation sites (N-methyl/N-ethyl adjacent to an activating group) is 2. The fourth-order valence-corrected chi connectivity index (χ4v) is 2.68. The lowest BCUT2D eigenvalue weighted by Crippen LogP contribution is -2.50. The number of hydrogen-bond acceptors (Lipinski definition) is 3. The summed E-state index contributed by atoms with van der Waals surface area (Å²) >= 11 is 0. The largest absolute Gasteiger partial charge is 0.355 e. The SMILES string of the molecule is CCNC(=O)CN(C)C(=O)C1(CN)CCCCC1. The van der Waals surface area contributed by atoms with E-state index in [0.717, 1.165) is 25.7 Å². The van der Waals surface area contributed by atoms with Crippen LogP contribution in [0, 0.1) is 5.41 Å². The van der Waals surface area contributed by atoms with Crippen LogP contribution in [0.15, 0.2) is 0 Å². The lowest BCUT2D eigenvalue weighted by Gasteiger charge is -2.37. The average Bonchev–Trinajstić information content (AvgIpc) is 2.38. The molecule has 0 aromatic rings. The van der Waals surface area contributed by atoms with Gasteiger partial charge in [-0.1, -0.05) is 19.3 Å². The lowest BCUT2D eigenvalue weighted by molar-refractivity contribution is -0.144. The van der Waals surface area contributed by atoms with E-state index in [4.69, 9.17) is 5.73 Å².